The highest BCUT2D eigenvalue weighted by Gasteiger charge is 2.33. The summed E-state index contributed by atoms with van der Waals surface area (Å²) in [7, 11) is 0. The Morgan fingerprint density at radius 2 is 1.96 bits per heavy atom. The van der Waals surface area contributed by atoms with Gasteiger partial charge < -0.3 is 15.5 Å². The highest BCUT2D eigenvalue weighted by Crippen LogP contribution is 2.37. The van der Waals surface area contributed by atoms with Crippen LogP contribution in [-0.4, -0.2) is 41.6 Å². The van der Waals surface area contributed by atoms with Crippen LogP contribution in [-0.2, 0) is 16.0 Å². The molecule has 0 aliphatic carbocycles. The molecule has 0 spiro atoms. The number of nitrogens with zero attached hydrogens (tertiary/aromatic N) is 1. The number of aryl methyl sites for hydroxylation is 1. The molecular weight excluding hydrogens is 370 g/mol. The fraction of sp³-hybridized carbons (Fsp3) is 0.364. The van der Waals surface area contributed by atoms with E-state index < -0.39 is 0 Å². The van der Waals surface area contributed by atoms with Crippen LogP contribution >= 0.6 is 11.8 Å². The highest BCUT2D eigenvalue weighted by molar-refractivity contribution is 8.01. The Kier molecular flexibility index (Phi) is 5.69. The number of benzene rings is 2. The number of fused-ring (bicyclic) bond motifs is 1. The van der Waals surface area contributed by atoms with Crippen molar-refractivity contribution < 1.29 is 9.59 Å². The Labute approximate surface area is 169 Å². The van der Waals surface area contributed by atoms with Crippen LogP contribution in [0.4, 0.5) is 5.69 Å². The van der Waals surface area contributed by atoms with E-state index in [2.05, 4.69) is 41.8 Å². The number of carbonyl (C=O) groups excluding carboxylic acids is 2. The van der Waals surface area contributed by atoms with E-state index in [1.807, 2.05) is 29.2 Å². The first-order valence-electron chi connectivity index (χ1n) is 9.81. The lowest BCUT2D eigenvalue weighted by Crippen LogP contribution is -2.49. The van der Waals surface area contributed by atoms with Crippen LogP contribution < -0.4 is 10.6 Å². The Bertz CT molecular complexity index is 868. The molecule has 0 aromatic heterocycles. The first kappa shape index (κ1) is 19.0. The van der Waals surface area contributed by atoms with Crippen LogP contribution in [0.1, 0.15) is 30.5 Å². The fourth-order valence-electron chi connectivity index (χ4n) is 3.78. The maximum absolute atomic E-state index is 13.1. The largest absolute Gasteiger partial charge is 0.333 e. The van der Waals surface area contributed by atoms with E-state index >= 15 is 0 Å². The number of nitrogens with one attached hydrogen (secondary N) is 2. The Morgan fingerprint density at radius 3 is 2.75 bits per heavy atom. The van der Waals surface area contributed by atoms with Crippen molar-refractivity contribution in [3.8, 4) is 0 Å². The predicted octanol–water partition coefficient (Wildman–Crippen LogP) is 3.23. The van der Waals surface area contributed by atoms with Gasteiger partial charge >= 0.3 is 0 Å². The van der Waals surface area contributed by atoms with E-state index in [0.717, 1.165) is 35.7 Å². The Balaban J connectivity index is 1.48. The van der Waals surface area contributed by atoms with Crippen molar-refractivity contribution in [3.63, 3.8) is 0 Å². The summed E-state index contributed by atoms with van der Waals surface area (Å²) in [6.07, 6.45) is 1.22. The standard InChI is InChI=1S/C22H25N3O2S/c1-2-15-7-9-16(10-8-15)18-14-23-11-12-25(18)21(26)13-20-22(27)24-17-5-3-4-6-19(17)28-20/h3-10,18,20,23H,2,11-14H2,1H3,(H,24,27). The quantitative estimate of drug-likeness (QED) is 0.834. The second kappa shape index (κ2) is 8.37. The molecule has 2 aliphatic rings. The van der Waals surface area contributed by atoms with Crippen molar-refractivity contribution in [2.24, 2.45) is 0 Å². The third-order valence-electron chi connectivity index (χ3n) is 5.40. The molecule has 6 heteroatoms. The van der Waals surface area contributed by atoms with E-state index in [4.69, 9.17) is 0 Å². The third kappa shape index (κ3) is 3.93. The minimum Gasteiger partial charge on any atom is -0.333 e. The van der Waals surface area contributed by atoms with E-state index in [9.17, 15) is 9.59 Å². The van der Waals surface area contributed by atoms with Gasteiger partial charge in [0.25, 0.3) is 0 Å². The minimum absolute atomic E-state index is 0.0103. The van der Waals surface area contributed by atoms with Crippen LogP contribution in [0.15, 0.2) is 53.4 Å². The molecule has 4 rings (SSSR count). The maximum Gasteiger partial charge on any atom is 0.238 e. The number of piperazine rings is 1. The molecule has 146 valence electrons. The van der Waals surface area contributed by atoms with Crippen molar-refractivity contribution in [3.05, 3.63) is 59.7 Å². The number of hydrogen-bond donors (Lipinski definition) is 2. The first-order chi connectivity index (χ1) is 13.7. The van der Waals surface area contributed by atoms with Gasteiger partial charge in [-0.2, -0.15) is 0 Å². The van der Waals surface area contributed by atoms with Crippen molar-refractivity contribution in [2.45, 2.75) is 36.0 Å². The molecule has 2 aliphatic heterocycles. The van der Waals surface area contributed by atoms with Crippen LogP contribution in [0.5, 0.6) is 0 Å². The number of rotatable bonds is 4. The molecule has 2 unspecified atom stereocenters. The lowest BCUT2D eigenvalue weighted by Gasteiger charge is -2.37. The molecule has 2 N–H and O–H groups in total. The maximum atomic E-state index is 13.1. The SMILES string of the molecule is CCc1ccc(C2CNCCN2C(=O)CC2Sc3ccccc3NC2=O)cc1. The summed E-state index contributed by atoms with van der Waals surface area (Å²) in [5.74, 6) is -0.0471. The topological polar surface area (TPSA) is 61.4 Å². The second-order valence-electron chi connectivity index (χ2n) is 7.20. The van der Waals surface area contributed by atoms with Gasteiger partial charge in [0.2, 0.25) is 11.8 Å². The molecule has 2 heterocycles. The van der Waals surface area contributed by atoms with Gasteiger partial charge in [0.15, 0.2) is 0 Å². The van der Waals surface area contributed by atoms with Crippen molar-refractivity contribution in [2.75, 3.05) is 25.0 Å². The van der Waals surface area contributed by atoms with Gasteiger partial charge in [0.1, 0.15) is 0 Å². The lowest BCUT2D eigenvalue weighted by atomic mass is 10.0. The van der Waals surface area contributed by atoms with Gasteiger partial charge in [0.05, 0.1) is 17.0 Å². The van der Waals surface area contributed by atoms with Gasteiger partial charge in [-0.1, -0.05) is 43.3 Å². The van der Waals surface area contributed by atoms with E-state index in [1.54, 1.807) is 0 Å². The Hall–Kier alpha value is -2.31. The van der Waals surface area contributed by atoms with E-state index in [-0.39, 0.29) is 29.5 Å². The summed E-state index contributed by atoms with van der Waals surface area (Å²) in [5, 5.41) is 5.94. The molecule has 2 atom stereocenters. The zero-order valence-corrected chi connectivity index (χ0v) is 16.8. The fourth-order valence-corrected chi connectivity index (χ4v) is 4.88. The molecule has 1 fully saturated rings. The van der Waals surface area contributed by atoms with Crippen molar-refractivity contribution in [1.29, 1.82) is 0 Å². The number of amides is 2. The van der Waals surface area contributed by atoms with Gasteiger partial charge in [-0.3, -0.25) is 9.59 Å². The lowest BCUT2D eigenvalue weighted by molar-refractivity contribution is -0.135. The molecular formula is C22H25N3O2S. The van der Waals surface area contributed by atoms with Crippen LogP contribution in [0.25, 0.3) is 0 Å². The minimum atomic E-state index is -0.389. The molecule has 28 heavy (non-hydrogen) atoms. The van der Waals surface area contributed by atoms with Gasteiger partial charge in [0, 0.05) is 31.0 Å². The van der Waals surface area contributed by atoms with Crippen LogP contribution in [0, 0.1) is 0 Å². The summed E-state index contributed by atoms with van der Waals surface area (Å²) in [5.41, 5.74) is 3.26. The van der Waals surface area contributed by atoms with Gasteiger partial charge in [-0.15, -0.1) is 11.8 Å². The second-order valence-corrected chi connectivity index (χ2v) is 8.44. The predicted molar refractivity (Wildman–Crippen MR) is 112 cm³/mol. The number of anilines is 1. The molecule has 2 amide bonds. The Morgan fingerprint density at radius 1 is 1.18 bits per heavy atom. The normalized spacial score (nSPS) is 21.8. The average Bonchev–Trinajstić information content (AvgIpc) is 2.74. The zero-order valence-electron chi connectivity index (χ0n) is 16.0. The molecule has 2 aromatic carbocycles. The molecule has 0 saturated carbocycles. The monoisotopic (exact) mass is 395 g/mol. The van der Waals surface area contributed by atoms with Gasteiger partial charge in [-0.25, -0.2) is 0 Å². The summed E-state index contributed by atoms with van der Waals surface area (Å²) in [6, 6.07) is 16.3. The number of hydrogen-bond acceptors (Lipinski definition) is 4. The molecule has 5 nitrogen and oxygen atoms in total. The van der Waals surface area contributed by atoms with Gasteiger partial charge in [-0.05, 0) is 29.7 Å². The highest BCUT2D eigenvalue weighted by atomic mass is 32.2. The van der Waals surface area contributed by atoms with Crippen LogP contribution in [0.3, 0.4) is 0 Å². The van der Waals surface area contributed by atoms with Crippen molar-refractivity contribution >= 4 is 29.3 Å². The summed E-state index contributed by atoms with van der Waals surface area (Å²) in [6.45, 7) is 4.32. The van der Waals surface area contributed by atoms with Crippen LogP contribution in [0.2, 0.25) is 0 Å². The summed E-state index contributed by atoms with van der Waals surface area (Å²) >= 11 is 1.48. The molecule has 2 aromatic rings. The third-order valence-corrected chi connectivity index (χ3v) is 6.68. The first-order valence-corrected chi connectivity index (χ1v) is 10.7. The summed E-state index contributed by atoms with van der Waals surface area (Å²) in [4.78, 5) is 28.6. The van der Waals surface area contributed by atoms with E-state index in [0.29, 0.717) is 6.54 Å². The average molecular weight is 396 g/mol. The summed E-state index contributed by atoms with van der Waals surface area (Å²) < 4.78 is 0. The van der Waals surface area contributed by atoms with E-state index in [1.165, 1.54) is 17.3 Å². The number of para-hydroxylation sites is 1. The number of thioether (sulfide) groups is 1. The smallest absolute Gasteiger partial charge is 0.238 e. The molecule has 1 saturated heterocycles. The van der Waals surface area contributed by atoms with Crippen molar-refractivity contribution in [1.82, 2.24) is 10.2 Å². The number of carbonyl (C=O) groups is 2. The molecule has 0 bridgehead atoms. The molecule has 0 radical (unpaired) electrons. The zero-order chi connectivity index (χ0) is 19.5.